The van der Waals surface area contributed by atoms with Crippen LogP contribution in [0.25, 0.3) is 0 Å². The Labute approximate surface area is 94.9 Å². The van der Waals surface area contributed by atoms with Gasteiger partial charge in [-0.05, 0) is 13.0 Å². The molecule has 3 nitrogen and oxygen atoms in total. The number of aromatic nitrogens is 1. The van der Waals surface area contributed by atoms with Gasteiger partial charge in [-0.25, -0.2) is 4.98 Å². The summed E-state index contributed by atoms with van der Waals surface area (Å²) in [5, 5.41) is 9.58. The van der Waals surface area contributed by atoms with Gasteiger partial charge in [-0.15, -0.1) is 0 Å². The van der Waals surface area contributed by atoms with Gasteiger partial charge in [0.2, 0.25) is 5.88 Å². The summed E-state index contributed by atoms with van der Waals surface area (Å²) in [5.74, 6) is 1.48. The van der Waals surface area contributed by atoms with Crippen molar-refractivity contribution in [2.75, 3.05) is 7.11 Å². The fraction of sp³-hybridized carbons (Fsp3) is 0.545. The maximum Gasteiger partial charge on any atom is 0.217 e. The minimum absolute atomic E-state index is 0.218. The quantitative estimate of drug-likeness (QED) is 0.836. The Hall–Kier alpha value is -0.740. The van der Waals surface area contributed by atoms with Crippen LogP contribution in [0.5, 0.6) is 5.88 Å². The molecule has 0 aliphatic rings. The first-order valence-corrected chi connectivity index (χ1v) is 5.97. The molecule has 1 aromatic rings. The number of hydrogen-bond donors (Lipinski definition) is 1. The van der Waals surface area contributed by atoms with Crippen LogP contribution in [-0.4, -0.2) is 28.6 Å². The number of rotatable bonds is 5. The van der Waals surface area contributed by atoms with Crippen LogP contribution in [0.2, 0.25) is 0 Å². The van der Waals surface area contributed by atoms with Gasteiger partial charge >= 0.3 is 0 Å². The third kappa shape index (κ3) is 3.72. The van der Waals surface area contributed by atoms with Crippen molar-refractivity contribution in [1.29, 1.82) is 0 Å². The van der Waals surface area contributed by atoms with Crippen molar-refractivity contribution >= 4 is 11.8 Å². The zero-order chi connectivity index (χ0) is 11.3. The van der Waals surface area contributed by atoms with E-state index in [9.17, 15) is 5.11 Å². The lowest BCUT2D eigenvalue weighted by atomic mass is 10.3. The first-order chi connectivity index (χ1) is 7.15. The van der Waals surface area contributed by atoms with Crippen LogP contribution in [-0.2, 0) is 5.75 Å². The average molecular weight is 227 g/mol. The van der Waals surface area contributed by atoms with Crippen LogP contribution in [0.3, 0.4) is 0 Å². The van der Waals surface area contributed by atoms with E-state index in [2.05, 4.69) is 4.98 Å². The van der Waals surface area contributed by atoms with E-state index in [1.54, 1.807) is 32.0 Å². The van der Waals surface area contributed by atoms with E-state index in [-0.39, 0.29) is 11.4 Å². The molecule has 0 amide bonds. The topological polar surface area (TPSA) is 42.4 Å². The second-order valence-corrected chi connectivity index (χ2v) is 4.79. The summed E-state index contributed by atoms with van der Waals surface area (Å²) in [6.07, 6.45) is 1.42. The van der Waals surface area contributed by atoms with Crippen molar-refractivity contribution in [2.24, 2.45) is 0 Å². The first-order valence-electron chi connectivity index (χ1n) is 4.92. The first kappa shape index (κ1) is 12.3. The summed E-state index contributed by atoms with van der Waals surface area (Å²) in [7, 11) is 1.62. The van der Waals surface area contributed by atoms with E-state index >= 15 is 0 Å². The molecule has 2 atom stereocenters. The highest BCUT2D eigenvalue weighted by atomic mass is 32.2. The van der Waals surface area contributed by atoms with Crippen LogP contribution < -0.4 is 4.74 Å². The molecule has 0 saturated carbocycles. The number of aliphatic hydroxyl groups excluding tert-OH is 1. The molecule has 0 radical (unpaired) electrons. The fourth-order valence-corrected chi connectivity index (χ4v) is 2.02. The summed E-state index contributed by atoms with van der Waals surface area (Å²) >= 11 is 1.70. The highest BCUT2D eigenvalue weighted by Gasteiger charge is 2.11. The van der Waals surface area contributed by atoms with Gasteiger partial charge in [0.1, 0.15) is 0 Å². The Bertz CT molecular complexity index is 304. The van der Waals surface area contributed by atoms with Gasteiger partial charge in [0, 0.05) is 22.8 Å². The number of thioether (sulfide) groups is 1. The van der Waals surface area contributed by atoms with Gasteiger partial charge in [0.25, 0.3) is 0 Å². The summed E-state index contributed by atoms with van der Waals surface area (Å²) < 4.78 is 5.15. The zero-order valence-electron chi connectivity index (χ0n) is 9.30. The highest BCUT2D eigenvalue weighted by Crippen LogP contribution is 2.24. The molecule has 0 aliphatic carbocycles. The van der Waals surface area contributed by atoms with Gasteiger partial charge in [-0.2, -0.15) is 11.8 Å². The molecule has 0 saturated heterocycles. The Kier molecular flexibility index (Phi) is 4.91. The lowest BCUT2D eigenvalue weighted by Crippen LogP contribution is -2.15. The summed E-state index contributed by atoms with van der Waals surface area (Å²) in [6, 6.07) is 3.89. The van der Waals surface area contributed by atoms with E-state index in [1.807, 2.05) is 19.1 Å². The Balaban J connectivity index is 2.57. The summed E-state index contributed by atoms with van der Waals surface area (Å²) in [6.45, 7) is 3.82. The van der Waals surface area contributed by atoms with Crippen molar-refractivity contribution in [1.82, 2.24) is 4.98 Å². The van der Waals surface area contributed by atoms with E-state index in [0.717, 1.165) is 11.3 Å². The highest BCUT2D eigenvalue weighted by molar-refractivity contribution is 7.99. The molecule has 0 fully saturated rings. The smallest absolute Gasteiger partial charge is 0.217 e. The zero-order valence-corrected chi connectivity index (χ0v) is 10.1. The summed E-state index contributed by atoms with van der Waals surface area (Å²) in [5.41, 5.74) is 1.07. The molecule has 84 valence electrons. The second kappa shape index (κ2) is 5.98. The van der Waals surface area contributed by atoms with Crippen LogP contribution in [0.1, 0.15) is 19.4 Å². The molecular formula is C11H17NO2S. The second-order valence-electron chi connectivity index (χ2n) is 3.43. The number of pyridine rings is 1. The number of nitrogens with zero attached hydrogens (tertiary/aromatic N) is 1. The Morgan fingerprint density at radius 2 is 2.27 bits per heavy atom. The normalized spacial score (nSPS) is 14.7. The number of methoxy groups -OCH3 is 1. The maximum atomic E-state index is 9.36. The van der Waals surface area contributed by atoms with Crippen LogP contribution >= 0.6 is 11.8 Å². The van der Waals surface area contributed by atoms with Crippen LogP contribution in [0.4, 0.5) is 0 Å². The molecule has 0 aliphatic heterocycles. The molecule has 1 N–H and O–H groups in total. The van der Waals surface area contributed by atoms with Gasteiger partial charge in [-0.1, -0.05) is 13.0 Å². The third-order valence-corrected chi connectivity index (χ3v) is 3.62. The Morgan fingerprint density at radius 3 is 2.87 bits per heavy atom. The molecule has 0 aromatic carbocycles. The minimum atomic E-state index is -0.294. The van der Waals surface area contributed by atoms with Gasteiger partial charge in [0.15, 0.2) is 0 Å². The molecule has 1 aromatic heterocycles. The van der Waals surface area contributed by atoms with E-state index in [1.165, 1.54) is 0 Å². The predicted octanol–water partition coefficient (Wildman–Crippen LogP) is 2.09. The Morgan fingerprint density at radius 1 is 1.53 bits per heavy atom. The molecule has 1 rings (SSSR count). The maximum absolute atomic E-state index is 9.36. The molecule has 0 spiro atoms. The van der Waals surface area contributed by atoms with Crippen molar-refractivity contribution in [3.8, 4) is 5.88 Å². The van der Waals surface area contributed by atoms with Crippen LogP contribution in [0, 0.1) is 0 Å². The lowest BCUT2D eigenvalue weighted by molar-refractivity contribution is 0.196. The molecule has 4 heteroatoms. The molecule has 2 unspecified atom stereocenters. The summed E-state index contributed by atoms with van der Waals surface area (Å²) in [4.78, 5) is 4.12. The SMILES string of the molecule is COc1ncccc1CSC(C)C(C)O. The monoisotopic (exact) mass is 227 g/mol. The van der Waals surface area contributed by atoms with Gasteiger partial charge in [-0.3, -0.25) is 0 Å². The van der Waals surface area contributed by atoms with Gasteiger partial charge < -0.3 is 9.84 Å². The van der Waals surface area contributed by atoms with E-state index in [4.69, 9.17) is 4.74 Å². The van der Waals surface area contributed by atoms with Crippen molar-refractivity contribution in [2.45, 2.75) is 31.0 Å². The van der Waals surface area contributed by atoms with Gasteiger partial charge in [0.05, 0.1) is 13.2 Å². The largest absolute Gasteiger partial charge is 0.481 e. The third-order valence-electron chi connectivity index (χ3n) is 2.22. The molecule has 15 heavy (non-hydrogen) atoms. The van der Waals surface area contributed by atoms with Crippen molar-refractivity contribution < 1.29 is 9.84 Å². The number of ether oxygens (including phenoxy) is 1. The molecular weight excluding hydrogens is 210 g/mol. The predicted molar refractivity (Wildman–Crippen MR) is 63.2 cm³/mol. The van der Waals surface area contributed by atoms with E-state index < -0.39 is 0 Å². The fourth-order valence-electron chi connectivity index (χ4n) is 1.08. The van der Waals surface area contributed by atoms with Crippen molar-refractivity contribution in [3.05, 3.63) is 23.9 Å². The van der Waals surface area contributed by atoms with Crippen molar-refractivity contribution in [3.63, 3.8) is 0 Å². The minimum Gasteiger partial charge on any atom is -0.481 e. The standard InChI is InChI=1S/C11H17NO2S/c1-8(13)9(2)15-7-10-5-4-6-12-11(10)14-3/h4-6,8-9,13H,7H2,1-3H3. The average Bonchev–Trinajstić information content (AvgIpc) is 2.26. The van der Waals surface area contributed by atoms with E-state index in [0.29, 0.717) is 5.88 Å². The van der Waals surface area contributed by atoms with Crippen LogP contribution in [0.15, 0.2) is 18.3 Å². The lowest BCUT2D eigenvalue weighted by Gasteiger charge is -2.14. The molecule has 0 bridgehead atoms. The number of aliphatic hydroxyl groups is 1. The number of hydrogen-bond acceptors (Lipinski definition) is 4. The molecule has 1 heterocycles.